The molecule has 214 valence electrons. The average molecular weight is 563 g/mol. The molecule has 3 heterocycles. The Kier molecular flexibility index (Phi) is 6.91. The number of allylic oxidation sites excluding steroid dienone is 4. The van der Waals surface area contributed by atoms with Crippen molar-refractivity contribution >= 4 is 34.8 Å². The second kappa shape index (κ2) is 10.0. The van der Waals surface area contributed by atoms with E-state index in [1.165, 1.54) is 28.1 Å². The lowest BCUT2D eigenvalue weighted by Gasteiger charge is -2.60. The SMILES string of the molecule is COC1=C(C)C(=O)C2=C(C1=O)C1C3CC4=C(C(=O)C(OC)=C(C)C4=O)[C@@H](CNC(=O)C(C)=O)N3[C@@H](C#N)C(C2)N1C. The monoisotopic (exact) mass is 562 g/mol. The van der Waals surface area contributed by atoms with Gasteiger partial charge in [0, 0.05) is 59.0 Å². The van der Waals surface area contributed by atoms with Gasteiger partial charge >= 0.3 is 0 Å². The van der Waals surface area contributed by atoms with Crippen molar-refractivity contribution in [3.8, 4) is 6.07 Å². The number of nitrogens with one attached hydrogen (secondary N) is 1. The van der Waals surface area contributed by atoms with Crippen LogP contribution in [0.5, 0.6) is 0 Å². The minimum atomic E-state index is -0.985. The lowest BCUT2D eigenvalue weighted by Crippen LogP contribution is -2.74. The van der Waals surface area contributed by atoms with Gasteiger partial charge in [-0.05, 0) is 33.7 Å². The van der Waals surface area contributed by atoms with Crippen LogP contribution in [0.15, 0.2) is 45.0 Å². The zero-order valence-electron chi connectivity index (χ0n) is 23.6. The van der Waals surface area contributed by atoms with E-state index >= 15 is 0 Å². The second-order valence-electron chi connectivity index (χ2n) is 10.9. The number of nitrogens with zero attached hydrogens (tertiary/aromatic N) is 3. The normalized spacial score (nSPS) is 30.1. The molecule has 0 aromatic carbocycles. The van der Waals surface area contributed by atoms with Crippen LogP contribution in [0.3, 0.4) is 0 Å². The first-order valence-corrected chi connectivity index (χ1v) is 13.2. The fourth-order valence-corrected chi connectivity index (χ4v) is 7.13. The molecule has 3 unspecified atom stereocenters. The summed E-state index contributed by atoms with van der Waals surface area (Å²) in [4.78, 5) is 82.3. The molecule has 1 N–H and O–H groups in total. The van der Waals surface area contributed by atoms with Gasteiger partial charge in [0.2, 0.25) is 17.3 Å². The van der Waals surface area contributed by atoms with E-state index in [0.717, 1.165) is 6.92 Å². The molecule has 5 rings (SSSR count). The van der Waals surface area contributed by atoms with Crippen molar-refractivity contribution in [3.05, 3.63) is 45.0 Å². The van der Waals surface area contributed by atoms with E-state index < -0.39 is 59.2 Å². The molecule has 0 saturated carbocycles. The minimum absolute atomic E-state index is 0.00850. The van der Waals surface area contributed by atoms with Crippen molar-refractivity contribution in [3.63, 3.8) is 0 Å². The number of rotatable bonds is 5. The Bertz CT molecular complexity index is 1520. The maximum Gasteiger partial charge on any atom is 0.287 e. The first-order chi connectivity index (χ1) is 19.4. The van der Waals surface area contributed by atoms with Gasteiger partial charge in [-0.15, -0.1) is 0 Å². The topological polar surface area (TPSA) is 163 Å². The molecule has 12 heteroatoms. The van der Waals surface area contributed by atoms with E-state index in [1.54, 1.807) is 11.9 Å². The number of hydrogen-bond donors (Lipinski definition) is 1. The number of hydrogen-bond acceptors (Lipinski definition) is 11. The van der Waals surface area contributed by atoms with Gasteiger partial charge in [0.05, 0.1) is 32.4 Å². The van der Waals surface area contributed by atoms with Crippen molar-refractivity contribution < 1.29 is 38.2 Å². The Morgan fingerprint density at radius 1 is 0.902 bits per heavy atom. The summed E-state index contributed by atoms with van der Waals surface area (Å²) in [7, 11) is 4.38. The molecule has 1 fully saturated rings. The number of methoxy groups -OCH3 is 2. The number of ketones is 5. The quantitative estimate of drug-likeness (QED) is 0.350. The summed E-state index contributed by atoms with van der Waals surface area (Å²) in [5.41, 5.74) is 1.19. The summed E-state index contributed by atoms with van der Waals surface area (Å²) in [6, 6.07) is -1.52. The van der Waals surface area contributed by atoms with Crippen LogP contribution in [0.1, 0.15) is 33.6 Å². The third-order valence-electron chi connectivity index (χ3n) is 8.99. The Balaban J connectivity index is 1.71. The van der Waals surface area contributed by atoms with Gasteiger partial charge in [-0.2, -0.15) is 5.26 Å². The predicted molar refractivity (Wildman–Crippen MR) is 141 cm³/mol. The van der Waals surface area contributed by atoms with Gasteiger partial charge in [0.1, 0.15) is 6.04 Å². The molecule has 0 aromatic heterocycles. The Morgan fingerprint density at radius 2 is 1.41 bits per heavy atom. The Hall–Kier alpha value is -4.21. The van der Waals surface area contributed by atoms with E-state index in [0.29, 0.717) is 5.57 Å². The molecular formula is C29H30N4O8. The highest BCUT2D eigenvalue weighted by Crippen LogP contribution is 2.48. The first kappa shape index (κ1) is 28.3. The molecule has 12 nitrogen and oxygen atoms in total. The molecule has 3 aliphatic heterocycles. The molecule has 41 heavy (non-hydrogen) atoms. The summed E-state index contributed by atoms with van der Waals surface area (Å²) in [5.74, 6) is -3.51. The van der Waals surface area contributed by atoms with Crippen molar-refractivity contribution in [1.82, 2.24) is 15.1 Å². The van der Waals surface area contributed by atoms with E-state index in [9.17, 15) is 34.0 Å². The molecule has 1 saturated heterocycles. The highest BCUT2D eigenvalue weighted by molar-refractivity contribution is 6.35. The second-order valence-corrected chi connectivity index (χ2v) is 10.9. The highest BCUT2D eigenvalue weighted by atomic mass is 16.5. The van der Waals surface area contributed by atoms with E-state index in [2.05, 4.69) is 11.4 Å². The first-order valence-electron chi connectivity index (χ1n) is 13.2. The molecule has 0 radical (unpaired) electrons. The maximum atomic E-state index is 13.8. The van der Waals surface area contributed by atoms with Crippen LogP contribution in [-0.4, -0.2) is 103 Å². The number of Topliss-reactive ketones (excluding diaryl/α,β-unsaturated/α-hetero) is 5. The number of carbonyl (C=O) groups excluding carboxylic acids is 6. The highest BCUT2D eigenvalue weighted by Gasteiger charge is 2.59. The smallest absolute Gasteiger partial charge is 0.287 e. The van der Waals surface area contributed by atoms with Crippen LogP contribution in [0.2, 0.25) is 0 Å². The third kappa shape index (κ3) is 3.87. The summed E-state index contributed by atoms with van der Waals surface area (Å²) >= 11 is 0. The number of nitriles is 1. The molecule has 5 aliphatic rings. The van der Waals surface area contributed by atoms with E-state index in [-0.39, 0.29) is 64.6 Å². The van der Waals surface area contributed by atoms with Crippen LogP contribution in [0.4, 0.5) is 0 Å². The Morgan fingerprint density at radius 3 is 1.93 bits per heavy atom. The zero-order valence-corrected chi connectivity index (χ0v) is 23.6. The standard InChI is InChI=1S/C29H30N4O8/c1-11-23(35)14-8-17-22-21-15(24(36)12(2)28(41-6)26(21)38)7-16(32(22)4)18(9-30)33(17)19(10-31-29(39)13(3)34)20(14)25(37)27(11)40-5/h16-19,22H,7-8,10H2,1-6H3,(H,31,39)/t16?,17?,18-,19+,22?/m0/s1. The predicted octanol–water partition coefficient (Wildman–Crippen LogP) is -0.149. The fraction of sp³-hybridized carbons (Fsp3) is 0.483. The van der Waals surface area contributed by atoms with Crippen molar-refractivity contribution in [2.24, 2.45) is 0 Å². The number of amides is 1. The van der Waals surface area contributed by atoms with E-state index in [1.807, 2.05) is 4.90 Å². The third-order valence-corrected chi connectivity index (χ3v) is 8.99. The molecule has 0 aromatic rings. The van der Waals surface area contributed by atoms with Gasteiger partial charge in [-0.3, -0.25) is 38.6 Å². The molecule has 0 spiro atoms. The van der Waals surface area contributed by atoms with Crippen molar-refractivity contribution in [2.45, 2.75) is 63.8 Å². The number of fused-ring (bicyclic) bond motifs is 5. The molecule has 5 atom stereocenters. The summed E-state index contributed by atoms with van der Waals surface area (Å²) in [5, 5.41) is 13.0. The van der Waals surface area contributed by atoms with E-state index in [4.69, 9.17) is 9.47 Å². The minimum Gasteiger partial charge on any atom is -0.492 e. The lowest BCUT2D eigenvalue weighted by molar-refractivity contribution is -0.137. The summed E-state index contributed by atoms with van der Waals surface area (Å²) in [6.07, 6.45) is 0.116. The van der Waals surface area contributed by atoms with Gasteiger partial charge in [0.15, 0.2) is 23.1 Å². The van der Waals surface area contributed by atoms with Crippen molar-refractivity contribution in [1.29, 1.82) is 5.26 Å². The molecule has 1 amide bonds. The molecular weight excluding hydrogens is 532 g/mol. The van der Waals surface area contributed by atoms with Crippen molar-refractivity contribution in [2.75, 3.05) is 27.8 Å². The lowest BCUT2D eigenvalue weighted by atomic mass is 9.67. The summed E-state index contributed by atoms with van der Waals surface area (Å²) < 4.78 is 10.6. The van der Waals surface area contributed by atoms with Crippen LogP contribution in [-0.2, 0) is 38.2 Å². The zero-order chi connectivity index (χ0) is 30.1. The largest absolute Gasteiger partial charge is 0.492 e. The number of ether oxygens (including phenoxy) is 2. The Labute approximate surface area is 236 Å². The van der Waals surface area contributed by atoms with Crippen LogP contribution in [0, 0.1) is 11.3 Å². The molecule has 2 aliphatic carbocycles. The fourth-order valence-electron chi connectivity index (χ4n) is 7.13. The number of carbonyl (C=O) groups is 6. The maximum absolute atomic E-state index is 13.8. The van der Waals surface area contributed by atoms with Gasteiger partial charge in [-0.25, -0.2) is 0 Å². The number of likely N-dealkylation sites (N-methyl/N-ethyl adjacent to an activating group) is 1. The van der Waals surface area contributed by atoms with Crippen LogP contribution in [0.25, 0.3) is 0 Å². The average Bonchev–Trinajstić information content (AvgIpc) is 2.93. The van der Waals surface area contributed by atoms with Crippen LogP contribution < -0.4 is 5.32 Å². The van der Waals surface area contributed by atoms with Crippen LogP contribution >= 0.6 is 0 Å². The molecule has 2 bridgehead atoms. The summed E-state index contributed by atoms with van der Waals surface area (Å²) in [6.45, 7) is 3.89. The van der Waals surface area contributed by atoms with Gasteiger partial charge in [-0.1, -0.05) is 0 Å². The number of piperazine rings is 1. The van der Waals surface area contributed by atoms with Gasteiger partial charge < -0.3 is 14.8 Å². The van der Waals surface area contributed by atoms with Gasteiger partial charge in [0.25, 0.3) is 5.91 Å².